The molecule has 0 amide bonds. The lowest BCUT2D eigenvalue weighted by Crippen LogP contribution is -1.96. The van der Waals surface area contributed by atoms with Crippen molar-refractivity contribution >= 4 is 31.9 Å². The van der Waals surface area contributed by atoms with Crippen LogP contribution in [0, 0.1) is 0 Å². The maximum atomic E-state index is 9.73. The van der Waals surface area contributed by atoms with Gasteiger partial charge in [0.2, 0.25) is 0 Å². The molecule has 0 aliphatic carbocycles. The molecule has 0 aliphatic rings. The van der Waals surface area contributed by atoms with E-state index in [2.05, 4.69) is 31.9 Å². The monoisotopic (exact) mass is 304 g/mol. The second-order valence-corrected chi connectivity index (χ2v) is 4.16. The minimum atomic E-state index is -0.440. The summed E-state index contributed by atoms with van der Waals surface area (Å²) >= 11 is 6.52. The highest BCUT2D eigenvalue weighted by molar-refractivity contribution is 9.14. The van der Waals surface area contributed by atoms with Gasteiger partial charge >= 0.3 is 0 Å². The molecule has 0 fully saturated rings. The summed E-state index contributed by atoms with van der Waals surface area (Å²) in [4.78, 5) is 1.76. The molecule has 13 heavy (non-hydrogen) atoms. The maximum Gasteiger partial charge on any atom is 0.0835 e. The van der Waals surface area contributed by atoms with Gasteiger partial charge in [-0.25, -0.2) is 0 Å². The van der Waals surface area contributed by atoms with Crippen LogP contribution >= 0.6 is 31.9 Å². The fourth-order valence-corrected chi connectivity index (χ4v) is 1.52. The molecule has 1 nitrogen and oxygen atoms in total. The van der Waals surface area contributed by atoms with Crippen molar-refractivity contribution < 1.29 is 5.11 Å². The predicted octanol–water partition coefficient (Wildman–Crippen LogP) is 3.74. The summed E-state index contributed by atoms with van der Waals surface area (Å²) < 4.78 is 0.948. The Morgan fingerprint density at radius 1 is 1.38 bits per heavy atom. The molecule has 0 aliphatic heterocycles. The van der Waals surface area contributed by atoms with Gasteiger partial charge in [0.15, 0.2) is 0 Å². The van der Waals surface area contributed by atoms with Crippen molar-refractivity contribution in [2.24, 2.45) is 0 Å². The minimum Gasteiger partial charge on any atom is -0.388 e. The van der Waals surface area contributed by atoms with E-state index < -0.39 is 6.10 Å². The standard InChI is InChI=1S/C10H10Br2O/c11-7-9(12)6-10(13)8-4-2-1-3-5-8/h1-5,7,10,13H,6H2/b9-7+. The second-order valence-electron chi connectivity index (χ2n) is 2.69. The van der Waals surface area contributed by atoms with Gasteiger partial charge in [-0.2, -0.15) is 0 Å². The molecule has 1 aromatic rings. The Bertz CT molecular complexity index is 282. The van der Waals surface area contributed by atoms with Crippen LogP contribution in [0.1, 0.15) is 18.1 Å². The molecule has 0 spiro atoms. The predicted molar refractivity (Wildman–Crippen MR) is 62.0 cm³/mol. The molecular weight excluding hydrogens is 296 g/mol. The summed E-state index contributed by atoms with van der Waals surface area (Å²) in [5, 5.41) is 9.73. The highest BCUT2D eigenvalue weighted by Gasteiger charge is 2.07. The molecule has 1 atom stereocenters. The quantitative estimate of drug-likeness (QED) is 0.902. The highest BCUT2D eigenvalue weighted by Crippen LogP contribution is 2.24. The molecule has 1 N–H and O–H groups in total. The first kappa shape index (κ1) is 11.0. The molecule has 0 aromatic heterocycles. The Hall–Kier alpha value is -0.120. The summed E-state index contributed by atoms with van der Waals surface area (Å²) in [5.74, 6) is 0. The number of benzene rings is 1. The van der Waals surface area contributed by atoms with Gasteiger partial charge in [-0.1, -0.05) is 62.2 Å². The lowest BCUT2D eigenvalue weighted by Gasteiger charge is -2.09. The Balaban J connectivity index is 2.64. The molecular formula is C10H10Br2O. The first-order chi connectivity index (χ1) is 6.24. The van der Waals surface area contributed by atoms with Crippen molar-refractivity contribution in [3.63, 3.8) is 0 Å². The van der Waals surface area contributed by atoms with E-state index in [1.54, 1.807) is 4.99 Å². The molecule has 0 radical (unpaired) electrons. The SMILES string of the molecule is OC(C/C(Br)=C\Br)c1ccccc1. The average Bonchev–Trinajstić information content (AvgIpc) is 2.19. The summed E-state index contributed by atoms with van der Waals surface area (Å²) in [6.07, 6.45) is 0.152. The summed E-state index contributed by atoms with van der Waals surface area (Å²) in [5.41, 5.74) is 0.939. The van der Waals surface area contributed by atoms with Crippen molar-refractivity contribution in [3.8, 4) is 0 Å². The number of halogens is 2. The number of hydrogen-bond acceptors (Lipinski definition) is 1. The van der Waals surface area contributed by atoms with E-state index in [9.17, 15) is 5.11 Å². The van der Waals surface area contributed by atoms with Crippen LogP contribution in [0.4, 0.5) is 0 Å². The lowest BCUT2D eigenvalue weighted by atomic mass is 10.1. The third-order valence-electron chi connectivity index (χ3n) is 1.69. The fourth-order valence-electron chi connectivity index (χ4n) is 1.02. The Morgan fingerprint density at radius 3 is 2.54 bits per heavy atom. The first-order valence-corrected chi connectivity index (χ1v) is 5.62. The van der Waals surface area contributed by atoms with Crippen molar-refractivity contribution in [2.45, 2.75) is 12.5 Å². The van der Waals surface area contributed by atoms with Crippen LogP contribution in [0.25, 0.3) is 0 Å². The number of aliphatic hydroxyl groups is 1. The lowest BCUT2D eigenvalue weighted by molar-refractivity contribution is 0.181. The van der Waals surface area contributed by atoms with Crippen LogP contribution in [0.3, 0.4) is 0 Å². The molecule has 3 heteroatoms. The highest BCUT2D eigenvalue weighted by atomic mass is 79.9. The van der Waals surface area contributed by atoms with Crippen molar-refractivity contribution in [1.82, 2.24) is 0 Å². The van der Waals surface area contributed by atoms with Crippen LogP contribution in [-0.4, -0.2) is 5.11 Å². The molecule has 1 rings (SSSR count). The smallest absolute Gasteiger partial charge is 0.0835 e. The second kappa shape index (κ2) is 5.58. The average molecular weight is 306 g/mol. The normalized spacial score (nSPS) is 14.2. The molecule has 70 valence electrons. The van der Waals surface area contributed by atoms with Crippen LogP contribution in [0.5, 0.6) is 0 Å². The van der Waals surface area contributed by atoms with Crippen LogP contribution in [0.2, 0.25) is 0 Å². The van der Waals surface area contributed by atoms with Gasteiger partial charge in [-0.15, -0.1) is 0 Å². The molecule has 1 unspecified atom stereocenters. The number of rotatable bonds is 3. The van der Waals surface area contributed by atoms with Crippen molar-refractivity contribution in [1.29, 1.82) is 0 Å². The van der Waals surface area contributed by atoms with Crippen LogP contribution in [-0.2, 0) is 0 Å². The largest absolute Gasteiger partial charge is 0.388 e. The number of hydrogen-bond donors (Lipinski definition) is 1. The number of aliphatic hydroxyl groups excluding tert-OH is 1. The maximum absolute atomic E-state index is 9.73. The van der Waals surface area contributed by atoms with Crippen LogP contribution in [0.15, 0.2) is 39.8 Å². The van der Waals surface area contributed by atoms with E-state index in [1.807, 2.05) is 30.3 Å². The van der Waals surface area contributed by atoms with Gasteiger partial charge in [0.25, 0.3) is 0 Å². The topological polar surface area (TPSA) is 20.2 Å². The zero-order valence-electron chi connectivity index (χ0n) is 6.95. The fraction of sp³-hybridized carbons (Fsp3) is 0.200. The summed E-state index contributed by atoms with van der Waals surface area (Å²) in [6, 6.07) is 9.61. The Kier molecular flexibility index (Phi) is 4.70. The van der Waals surface area contributed by atoms with Gasteiger partial charge in [-0.3, -0.25) is 0 Å². The van der Waals surface area contributed by atoms with Gasteiger partial charge < -0.3 is 5.11 Å². The summed E-state index contributed by atoms with van der Waals surface area (Å²) in [7, 11) is 0. The zero-order chi connectivity index (χ0) is 9.68. The molecule has 0 heterocycles. The van der Waals surface area contributed by atoms with Gasteiger partial charge in [-0.05, 0) is 10.5 Å². The molecule has 0 saturated heterocycles. The molecule has 0 bridgehead atoms. The minimum absolute atomic E-state index is 0.440. The molecule has 1 aromatic carbocycles. The summed E-state index contributed by atoms with van der Waals surface area (Å²) in [6.45, 7) is 0. The van der Waals surface area contributed by atoms with E-state index in [0.717, 1.165) is 10.0 Å². The van der Waals surface area contributed by atoms with Gasteiger partial charge in [0, 0.05) is 10.9 Å². The first-order valence-electron chi connectivity index (χ1n) is 3.92. The molecule has 0 saturated carbocycles. The van der Waals surface area contributed by atoms with Crippen molar-refractivity contribution in [3.05, 3.63) is 45.4 Å². The van der Waals surface area contributed by atoms with Gasteiger partial charge in [0.05, 0.1) is 6.10 Å². The third kappa shape index (κ3) is 3.63. The van der Waals surface area contributed by atoms with Crippen molar-refractivity contribution in [2.75, 3.05) is 0 Å². The van der Waals surface area contributed by atoms with E-state index in [0.29, 0.717) is 6.42 Å². The van der Waals surface area contributed by atoms with Crippen LogP contribution < -0.4 is 0 Å². The van der Waals surface area contributed by atoms with E-state index in [1.165, 1.54) is 0 Å². The third-order valence-corrected chi connectivity index (χ3v) is 3.41. The Labute approximate surface area is 94.7 Å². The van der Waals surface area contributed by atoms with E-state index >= 15 is 0 Å². The van der Waals surface area contributed by atoms with E-state index in [-0.39, 0.29) is 0 Å². The zero-order valence-corrected chi connectivity index (χ0v) is 10.1. The Morgan fingerprint density at radius 2 is 2.00 bits per heavy atom. The van der Waals surface area contributed by atoms with E-state index in [4.69, 9.17) is 0 Å². The van der Waals surface area contributed by atoms with Gasteiger partial charge in [0.1, 0.15) is 0 Å².